The molecule has 0 atom stereocenters. The first-order valence-corrected chi connectivity index (χ1v) is 7.03. The molecule has 0 saturated carbocycles. The Morgan fingerprint density at radius 1 is 1.50 bits per heavy atom. The first-order valence-electron chi connectivity index (χ1n) is 5.67. The zero-order valence-corrected chi connectivity index (χ0v) is 12.2. The summed E-state index contributed by atoms with van der Waals surface area (Å²) in [5, 5.41) is 19.9. The number of halogens is 1. The van der Waals surface area contributed by atoms with E-state index in [2.05, 4.69) is 10.2 Å². The monoisotopic (exact) mass is 313 g/mol. The third-order valence-electron chi connectivity index (χ3n) is 2.71. The average Bonchev–Trinajstić information content (AvgIpc) is 2.77. The fourth-order valence-electron chi connectivity index (χ4n) is 1.62. The highest BCUT2D eigenvalue weighted by Gasteiger charge is 2.16. The second kappa shape index (κ2) is 6.21. The van der Waals surface area contributed by atoms with E-state index in [1.807, 2.05) is 0 Å². The molecule has 1 heterocycles. The smallest absolute Gasteiger partial charge is 0.274 e. The maximum Gasteiger partial charge on any atom is 0.274 e. The van der Waals surface area contributed by atoms with E-state index in [4.69, 9.17) is 17.3 Å². The molecular formula is C11H12ClN5O2S. The lowest BCUT2D eigenvalue weighted by atomic mass is 10.2. The number of rotatable bonds is 5. The molecule has 0 aliphatic carbocycles. The normalized spacial score (nSPS) is 10.8. The quantitative estimate of drug-likeness (QED) is 0.515. The number of benzene rings is 1. The average molecular weight is 314 g/mol. The van der Waals surface area contributed by atoms with Crippen molar-refractivity contribution < 1.29 is 4.92 Å². The van der Waals surface area contributed by atoms with Crippen LogP contribution < -0.4 is 5.73 Å². The van der Waals surface area contributed by atoms with E-state index in [-0.39, 0.29) is 5.69 Å². The first-order chi connectivity index (χ1) is 9.52. The highest BCUT2D eigenvalue weighted by Crippen LogP contribution is 2.29. The van der Waals surface area contributed by atoms with Crippen molar-refractivity contribution >= 4 is 29.1 Å². The van der Waals surface area contributed by atoms with E-state index in [9.17, 15) is 10.1 Å². The third-order valence-corrected chi connectivity index (χ3v) is 4.01. The van der Waals surface area contributed by atoms with Crippen molar-refractivity contribution in [2.24, 2.45) is 12.8 Å². The molecule has 0 bridgehead atoms. The summed E-state index contributed by atoms with van der Waals surface area (Å²) in [5.41, 5.74) is 6.11. The van der Waals surface area contributed by atoms with E-state index in [1.54, 1.807) is 23.7 Å². The van der Waals surface area contributed by atoms with Gasteiger partial charge in [-0.2, -0.15) is 0 Å². The van der Waals surface area contributed by atoms with Crippen LogP contribution in [0.1, 0.15) is 11.4 Å². The lowest BCUT2D eigenvalue weighted by molar-refractivity contribution is -0.385. The van der Waals surface area contributed by atoms with Gasteiger partial charge in [0.2, 0.25) is 0 Å². The molecule has 2 N–H and O–H groups in total. The number of hydrogen-bond donors (Lipinski definition) is 1. The van der Waals surface area contributed by atoms with Gasteiger partial charge in [-0.15, -0.1) is 10.2 Å². The molecule has 0 fully saturated rings. The van der Waals surface area contributed by atoms with Crippen LogP contribution in [0.4, 0.5) is 5.69 Å². The molecule has 0 saturated heterocycles. The Labute approximate surface area is 124 Å². The summed E-state index contributed by atoms with van der Waals surface area (Å²) < 4.78 is 1.77. The van der Waals surface area contributed by atoms with E-state index in [0.717, 1.165) is 0 Å². The summed E-state index contributed by atoms with van der Waals surface area (Å²) in [6.45, 7) is 0.297. The molecule has 9 heteroatoms. The highest BCUT2D eigenvalue weighted by molar-refractivity contribution is 7.98. The fraction of sp³-hybridized carbons (Fsp3) is 0.273. The highest BCUT2D eigenvalue weighted by atomic mass is 35.5. The number of nitro benzene ring substituents is 1. The largest absolute Gasteiger partial charge is 0.324 e. The van der Waals surface area contributed by atoms with Gasteiger partial charge < -0.3 is 10.3 Å². The van der Waals surface area contributed by atoms with Crippen LogP contribution in [-0.4, -0.2) is 19.7 Å². The molecule has 0 aliphatic heterocycles. The zero-order chi connectivity index (χ0) is 14.7. The Morgan fingerprint density at radius 2 is 2.25 bits per heavy atom. The van der Waals surface area contributed by atoms with Crippen LogP contribution in [0.15, 0.2) is 23.4 Å². The number of thioether (sulfide) groups is 1. The maximum atomic E-state index is 11.0. The zero-order valence-electron chi connectivity index (χ0n) is 10.6. The molecule has 106 valence electrons. The summed E-state index contributed by atoms with van der Waals surface area (Å²) in [5.74, 6) is 1.07. The van der Waals surface area contributed by atoms with Crippen LogP contribution in [0.5, 0.6) is 0 Å². The van der Waals surface area contributed by atoms with Crippen molar-refractivity contribution in [1.82, 2.24) is 14.8 Å². The van der Waals surface area contributed by atoms with Crippen molar-refractivity contribution in [3.63, 3.8) is 0 Å². The summed E-state index contributed by atoms with van der Waals surface area (Å²) in [4.78, 5) is 10.5. The van der Waals surface area contributed by atoms with Crippen molar-refractivity contribution in [2.45, 2.75) is 17.5 Å². The minimum absolute atomic E-state index is 0.00576. The summed E-state index contributed by atoms with van der Waals surface area (Å²) >= 11 is 7.13. The molecule has 0 radical (unpaired) electrons. The van der Waals surface area contributed by atoms with E-state index < -0.39 is 4.92 Å². The number of hydrogen-bond acceptors (Lipinski definition) is 6. The topological polar surface area (TPSA) is 99.9 Å². The van der Waals surface area contributed by atoms with Gasteiger partial charge in [-0.3, -0.25) is 10.1 Å². The second-order valence-electron chi connectivity index (χ2n) is 3.98. The molecule has 1 aromatic carbocycles. The number of nitrogens with two attached hydrogens (primary N) is 1. The van der Waals surface area contributed by atoms with Gasteiger partial charge in [0, 0.05) is 29.5 Å². The van der Waals surface area contributed by atoms with Crippen LogP contribution in [0.25, 0.3) is 0 Å². The van der Waals surface area contributed by atoms with Crippen LogP contribution in [0.3, 0.4) is 0 Å². The molecule has 1 aromatic heterocycles. The summed E-state index contributed by atoms with van der Waals surface area (Å²) in [6, 6.07) is 4.62. The van der Waals surface area contributed by atoms with Gasteiger partial charge in [-0.1, -0.05) is 23.4 Å². The maximum absolute atomic E-state index is 11.0. The number of nitro groups is 1. The lowest BCUT2D eigenvalue weighted by Crippen LogP contribution is -2.05. The van der Waals surface area contributed by atoms with Crippen LogP contribution in [0.2, 0.25) is 5.02 Å². The molecule has 0 unspecified atom stereocenters. The fourth-order valence-corrected chi connectivity index (χ4v) is 2.71. The van der Waals surface area contributed by atoms with Crippen LogP contribution in [0, 0.1) is 10.1 Å². The Kier molecular flexibility index (Phi) is 4.58. The minimum atomic E-state index is -0.441. The summed E-state index contributed by atoms with van der Waals surface area (Å²) in [6.07, 6.45) is 0. The molecule has 20 heavy (non-hydrogen) atoms. The molecule has 7 nitrogen and oxygen atoms in total. The summed E-state index contributed by atoms with van der Waals surface area (Å²) in [7, 11) is 1.81. The molecule has 2 aromatic rings. The van der Waals surface area contributed by atoms with Crippen molar-refractivity contribution in [3.8, 4) is 0 Å². The Morgan fingerprint density at radius 3 is 2.85 bits per heavy atom. The van der Waals surface area contributed by atoms with Crippen molar-refractivity contribution in [3.05, 3.63) is 44.7 Å². The second-order valence-corrected chi connectivity index (χ2v) is 5.36. The number of aromatic nitrogens is 3. The lowest BCUT2D eigenvalue weighted by Gasteiger charge is -2.04. The molecule has 0 aliphatic rings. The Balaban J connectivity index is 2.18. The third kappa shape index (κ3) is 3.09. The van der Waals surface area contributed by atoms with Gasteiger partial charge in [0.05, 0.1) is 11.5 Å². The standard InChI is InChI=1S/C11H12ClN5O2S/c1-16-10(5-13)14-15-11(16)20-6-7-2-3-8(12)4-9(7)17(18)19/h2-4H,5-6,13H2,1H3. The Bertz CT molecular complexity index is 646. The molecular weight excluding hydrogens is 302 g/mol. The predicted octanol–water partition coefficient (Wildman–Crippen LogP) is 2.13. The van der Waals surface area contributed by atoms with Gasteiger partial charge in [-0.05, 0) is 12.1 Å². The first kappa shape index (κ1) is 14.8. The molecule has 2 rings (SSSR count). The molecule has 0 spiro atoms. The minimum Gasteiger partial charge on any atom is -0.324 e. The van der Waals surface area contributed by atoms with Gasteiger partial charge >= 0.3 is 0 Å². The predicted molar refractivity (Wildman–Crippen MR) is 76.6 cm³/mol. The van der Waals surface area contributed by atoms with Gasteiger partial charge in [0.25, 0.3) is 5.69 Å². The van der Waals surface area contributed by atoms with Gasteiger partial charge in [-0.25, -0.2) is 0 Å². The Hall–Kier alpha value is -1.64. The van der Waals surface area contributed by atoms with E-state index >= 15 is 0 Å². The van der Waals surface area contributed by atoms with Gasteiger partial charge in [0.1, 0.15) is 5.82 Å². The van der Waals surface area contributed by atoms with Crippen LogP contribution in [-0.2, 0) is 19.3 Å². The van der Waals surface area contributed by atoms with E-state index in [0.29, 0.717) is 33.9 Å². The van der Waals surface area contributed by atoms with E-state index in [1.165, 1.54) is 17.8 Å². The van der Waals surface area contributed by atoms with Crippen LogP contribution >= 0.6 is 23.4 Å². The van der Waals surface area contributed by atoms with Gasteiger partial charge in [0.15, 0.2) is 5.16 Å². The van der Waals surface area contributed by atoms with Crippen molar-refractivity contribution in [2.75, 3.05) is 0 Å². The number of nitrogens with zero attached hydrogens (tertiary/aromatic N) is 4. The van der Waals surface area contributed by atoms with Crippen molar-refractivity contribution in [1.29, 1.82) is 0 Å². The SMILES string of the molecule is Cn1c(CN)nnc1SCc1ccc(Cl)cc1[N+](=O)[O-]. The molecule has 0 amide bonds.